The molecule has 0 radical (unpaired) electrons. The zero-order chi connectivity index (χ0) is 24.2. The zero-order valence-corrected chi connectivity index (χ0v) is 19.7. The number of hydrogen-bond acceptors (Lipinski definition) is 7. The topological polar surface area (TPSA) is 112 Å². The number of aromatic nitrogens is 3. The van der Waals surface area contributed by atoms with Gasteiger partial charge in [-0.05, 0) is 42.3 Å². The number of carbonyl (C=O) groups excluding carboxylic acids is 1. The van der Waals surface area contributed by atoms with Gasteiger partial charge >= 0.3 is 0 Å². The summed E-state index contributed by atoms with van der Waals surface area (Å²) in [5.74, 6) is 1.07. The number of nitrogens with zero attached hydrogens (tertiary/aromatic N) is 4. The van der Waals surface area contributed by atoms with E-state index < -0.39 is 10.2 Å². The van der Waals surface area contributed by atoms with Crippen LogP contribution in [0.15, 0.2) is 65.8 Å². The van der Waals surface area contributed by atoms with Crippen molar-refractivity contribution in [3.63, 3.8) is 0 Å². The Morgan fingerprint density at radius 2 is 1.91 bits per heavy atom. The van der Waals surface area contributed by atoms with Crippen molar-refractivity contribution < 1.29 is 14.5 Å². The molecule has 0 unspecified atom stereocenters. The highest BCUT2D eigenvalue weighted by Gasteiger charge is 2.20. The molecule has 4 aromatic rings. The maximum absolute atomic E-state index is 12.7. The van der Waals surface area contributed by atoms with Crippen LogP contribution in [0.2, 0.25) is 0 Å². The summed E-state index contributed by atoms with van der Waals surface area (Å²) >= 11 is 1.25. The van der Waals surface area contributed by atoms with Gasteiger partial charge in [0.15, 0.2) is 11.0 Å². The molecule has 174 valence electrons. The van der Waals surface area contributed by atoms with Gasteiger partial charge in [-0.1, -0.05) is 48.2 Å². The van der Waals surface area contributed by atoms with Gasteiger partial charge in [-0.3, -0.25) is 14.9 Å². The quantitative estimate of drug-likeness (QED) is 0.219. The van der Waals surface area contributed by atoms with Gasteiger partial charge < -0.3 is 14.6 Å². The number of benzene rings is 3. The van der Waals surface area contributed by atoms with Crippen LogP contribution in [0.1, 0.15) is 18.3 Å². The number of anilines is 1. The Morgan fingerprint density at radius 3 is 2.68 bits per heavy atom. The molecule has 1 N–H and O–H groups in total. The average Bonchev–Trinajstić information content (AvgIpc) is 3.17. The molecule has 0 saturated carbocycles. The van der Waals surface area contributed by atoms with E-state index in [9.17, 15) is 14.9 Å². The Bertz CT molecular complexity index is 1370. The molecule has 3 aromatic carbocycles. The number of thioether (sulfide) groups is 1. The van der Waals surface area contributed by atoms with E-state index in [1.54, 1.807) is 24.5 Å². The van der Waals surface area contributed by atoms with Crippen molar-refractivity contribution in [1.82, 2.24) is 14.8 Å². The number of nitrogens with one attached hydrogen (secondary N) is 1. The van der Waals surface area contributed by atoms with Gasteiger partial charge in [0.25, 0.3) is 5.69 Å². The third kappa shape index (κ3) is 5.18. The molecule has 1 atom stereocenters. The normalized spacial score (nSPS) is 11.9. The predicted octanol–water partition coefficient (Wildman–Crippen LogP) is 4.88. The first-order chi connectivity index (χ1) is 16.3. The highest BCUT2D eigenvalue weighted by Crippen LogP contribution is 2.26. The van der Waals surface area contributed by atoms with Crippen molar-refractivity contribution in [2.75, 3.05) is 5.32 Å². The second kappa shape index (κ2) is 9.92. The number of rotatable bonds is 8. The van der Waals surface area contributed by atoms with E-state index in [1.165, 1.54) is 23.9 Å². The van der Waals surface area contributed by atoms with Crippen molar-refractivity contribution in [3.8, 4) is 5.75 Å². The van der Waals surface area contributed by atoms with Gasteiger partial charge in [-0.2, -0.15) is 0 Å². The lowest BCUT2D eigenvalue weighted by Crippen LogP contribution is -2.23. The third-order valence-electron chi connectivity index (χ3n) is 5.36. The summed E-state index contributed by atoms with van der Waals surface area (Å²) in [6, 6.07) is 18.3. The molecule has 0 fully saturated rings. The second-order valence-corrected chi connectivity index (χ2v) is 9.07. The third-order valence-corrected chi connectivity index (χ3v) is 6.49. The van der Waals surface area contributed by atoms with Crippen LogP contribution in [0.25, 0.3) is 10.8 Å². The lowest BCUT2D eigenvalue weighted by atomic mass is 10.1. The number of aryl methyl sites for hydroxylation is 1. The van der Waals surface area contributed by atoms with E-state index in [0.29, 0.717) is 16.7 Å². The number of hydrogen-bond donors (Lipinski definition) is 1. The number of non-ortho nitro benzene ring substituents is 1. The fraction of sp³-hybridized carbons (Fsp3) is 0.208. The average molecular weight is 478 g/mol. The van der Waals surface area contributed by atoms with Crippen LogP contribution in [0, 0.1) is 17.0 Å². The first-order valence-electron chi connectivity index (χ1n) is 10.5. The van der Waals surface area contributed by atoms with Crippen LogP contribution in [0.4, 0.5) is 11.4 Å². The van der Waals surface area contributed by atoms with Crippen molar-refractivity contribution in [2.24, 2.45) is 7.05 Å². The SMILES string of the molecule is Cc1ccc([N+](=O)[O-])cc1NC(=O)[C@@H](C)Sc1nnc(COc2ccc3ccccc3c2)n1C. The van der Waals surface area contributed by atoms with Crippen LogP contribution >= 0.6 is 11.8 Å². The van der Waals surface area contributed by atoms with Crippen LogP contribution in [0.5, 0.6) is 5.75 Å². The lowest BCUT2D eigenvalue weighted by molar-refractivity contribution is -0.384. The van der Waals surface area contributed by atoms with Gasteiger partial charge in [-0.25, -0.2) is 0 Å². The summed E-state index contributed by atoms with van der Waals surface area (Å²) in [6.07, 6.45) is 0. The van der Waals surface area contributed by atoms with Crippen molar-refractivity contribution in [3.05, 3.63) is 82.2 Å². The molecule has 0 saturated heterocycles. The Balaban J connectivity index is 1.38. The monoisotopic (exact) mass is 477 g/mol. The number of fused-ring (bicyclic) bond motifs is 1. The molecule has 1 heterocycles. The molecule has 1 aromatic heterocycles. The molecule has 34 heavy (non-hydrogen) atoms. The minimum Gasteiger partial charge on any atom is -0.486 e. The molecule has 0 bridgehead atoms. The van der Waals surface area contributed by atoms with E-state index in [1.807, 2.05) is 49.5 Å². The van der Waals surface area contributed by atoms with Crippen molar-refractivity contribution in [1.29, 1.82) is 0 Å². The number of nitro benzene ring substituents is 1. The van der Waals surface area contributed by atoms with Crippen LogP contribution in [-0.4, -0.2) is 30.8 Å². The minimum absolute atomic E-state index is 0.0782. The largest absolute Gasteiger partial charge is 0.486 e. The molecular formula is C24H23N5O4S. The van der Waals surface area contributed by atoms with Crippen LogP contribution in [-0.2, 0) is 18.4 Å². The smallest absolute Gasteiger partial charge is 0.271 e. The molecular weight excluding hydrogens is 454 g/mol. The molecule has 0 aliphatic heterocycles. The number of amides is 1. The Hall–Kier alpha value is -3.92. The van der Waals surface area contributed by atoms with Gasteiger partial charge in [0, 0.05) is 19.2 Å². The number of carbonyl (C=O) groups is 1. The van der Waals surface area contributed by atoms with E-state index in [-0.39, 0.29) is 18.2 Å². The summed E-state index contributed by atoms with van der Waals surface area (Å²) in [7, 11) is 1.82. The van der Waals surface area contributed by atoms with E-state index in [4.69, 9.17) is 4.74 Å². The summed E-state index contributed by atoms with van der Waals surface area (Å²) < 4.78 is 7.69. The molecule has 0 aliphatic rings. The highest BCUT2D eigenvalue weighted by molar-refractivity contribution is 8.00. The fourth-order valence-electron chi connectivity index (χ4n) is 3.28. The van der Waals surface area contributed by atoms with Gasteiger partial charge in [0.2, 0.25) is 5.91 Å². The Labute approximate surface area is 200 Å². The van der Waals surface area contributed by atoms with Crippen LogP contribution in [0.3, 0.4) is 0 Å². The zero-order valence-electron chi connectivity index (χ0n) is 18.9. The Kier molecular flexibility index (Phi) is 6.78. The molecule has 9 nitrogen and oxygen atoms in total. The number of nitro groups is 1. The van der Waals surface area contributed by atoms with Crippen LogP contribution < -0.4 is 10.1 Å². The molecule has 1 amide bonds. The first kappa shape index (κ1) is 23.2. The summed E-state index contributed by atoms with van der Waals surface area (Å²) in [5, 5.41) is 24.5. The number of ether oxygens (including phenoxy) is 1. The molecule has 4 rings (SSSR count). The van der Waals surface area contributed by atoms with E-state index >= 15 is 0 Å². The van der Waals surface area contributed by atoms with Gasteiger partial charge in [0.1, 0.15) is 12.4 Å². The van der Waals surface area contributed by atoms with Gasteiger partial charge in [0.05, 0.1) is 15.9 Å². The van der Waals surface area contributed by atoms with Crippen molar-refractivity contribution >= 4 is 39.8 Å². The summed E-state index contributed by atoms with van der Waals surface area (Å²) in [4.78, 5) is 23.2. The first-order valence-corrected chi connectivity index (χ1v) is 11.4. The maximum Gasteiger partial charge on any atom is 0.271 e. The molecule has 10 heteroatoms. The van der Waals surface area contributed by atoms with E-state index in [0.717, 1.165) is 22.1 Å². The Morgan fingerprint density at radius 1 is 1.15 bits per heavy atom. The maximum atomic E-state index is 12.7. The predicted molar refractivity (Wildman–Crippen MR) is 131 cm³/mol. The molecule has 0 spiro atoms. The lowest BCUT2D eigenvalue weighted by Gasteiger charge is -2.13. The summed E-state index contributed by atoms with van der Waals surface area (Å²) in [5.41, 5.74) is 1.07. The highest BCUT2D eigenvalue weighted by atomic mass is 32.2. The van der Waals surface area contributed by atoms with E-state index in [2.05, 4.69) is 15.5 Å². The van der Waals surface area contributed by atoms with Gasteiger partial charge in [-0.15, -0.1) is 10.2 Å². The summed E-state index contributed by atoms with van der Waals surface area (Å²) in [6.45, 7) is 3.75. The second-order valence-electron chi connectivity index (χ2n) is 7.76. The molecule has 0 aliphatic carbocycles. The van der Waals surface area contributed by atoms with Crippen molar-refractivity contribution in [2.45, 2.75) is 30.9 Å². The fourth-order valence-corrected chi connectivity index (χ4v) is 4.12. The minimum atomic E-state index is -0.504. The standard InChI is InChI=1S/C24H23N5O4S/c1-15-8-10-19(29(31)32)13-21(15)25-23(30)16(2)34-24-27-26-22(28(24)3)14-33-20-11-9-17-6-4-5-7-18(17)12-20/h4-13,16H,14H2,1-3H3,(H,25,30)/t16-/m1/s1.